The van der Waals surface area contributed by atoms with Crippen molar-refractivity contribution < 1.29 is 19.2 Å². The molecule has 1 fully saturated rings. The molecule has 2 amide bonds. The van der Waals surface area contributed by atoms with Gasteiger partial charge < -0.3 is 4.74 Å². The Hall–Kier alpha value is -3.62. The average Bonchev–Trinajstić information content (AvgIpc) is 3.06. The monoisotopic (exact) mass is 480 g/mol. The number of non-ortho nitro benzene ring substituents is 1. The summed E-state index contributed by atoms with van der Waals surface area (Å²) in [6, 6.07) is 20.4. The largest absolute Gasteiger partial charge is 0.489 e. The van der Waals surface area contributed by atoms with Gasteiger partial charge in [-0.15, -0.1) is 0 Å². The molecule has 166 valence electrons. The van der Waals surface area contributed by atoms with Crippen LogP contribution in [-0.4, -0.2) is 21.0 Å². The lowest BCUT2D eigenvalue weighted by molar-refractivity contribution is -0.384. The molecule has 0 aromatic heterocycles. The molecule has 1 heterocycles. The zero-order chi connectivity index (χ0) is 23.4. The van der Waals surface area contributed by atoms with Gasteiger partial charge in [0, 0.05) is 22.7 Å². The maximum atomic E-state index is 12.8. The van der Waals surface area contributed by atoms with E-state index in [1.54, 1.807) is 30.3 Å². The maximum Gasteiger partial charge on any atom is 0.293 e. The van der Waals surface area contributed by atoms with Gasteiger partial charge in [-0.3, -0.25) is 24.6 Å². The minimum Gasteiger partial charge on any atom is -0.489 e. The van der Waals surface area contributed by atoms with Crippen LogP contribution in [0.4, 0.5) is 10.5 Å². The highest BCUT2D eigenvalue weighted by molar-refractivity contribution is 8.18. The van der Waals surface area contributed by atoms with Crippen molar-refractivity contribution in [2.24, 2.45) is 0 Å². The van der Waals surface area contributed by atoms with Crippen molar-refractivity contribution in [3.8, 4) is 5.75 Å². The van der Waals surface area contributed by atoms with Crippen molar-refractivity contribution in [2.75, 3.05) is 0 Å². The Kier molecular flexibility index (Phi) is 6.76. The van der Waals surface area contributed by atoms with E-state index in [9.17, 15) is 19.7 Å². The molecule has 0 aliphatic carbocycles. The molecule has 1 saturated heterocycles. The lowest BCUT2D eigenvalue weighted by Crippen LogP contribution is -2.27. The molecule has 0 saturated carbocycles. The first kappa shape index (κ1) is 22.6. The lowest BCUT2D eigenvalue weighted by atomic mass is 10.2. The number of halogens is 1. The summed E-state index contributed by atoms with van der Waals surface area (Å²) >= 11 is 7.02. The topological polar surface area (TPSA) is 89.8 Å². The molecule has 0 atom stereocenters. The van der Waals surface area contributed by atoms with Crippen LogP contribution in [0.2, 0.25) is 5.02 Å². The molecule has 9 heteroatoms. The summed E-state index contributed by atoms with van der Waals surface area (Å²) in [4.78, 5) is 36.9. The minimum absolute atomic E-state index is 0.0426. The SMILES string of the molecule is O=C1S/C(=C\c2cccc(OCc3ccccc3Cl)c2)C(=O)N1Cc1ccc([N+](=O)[O-])cc1. The summed E-state index contributed by atoms with van der Waals surface area (Å²) < 4.78 is 5.82. The Morgan fingerprint density at radius 1 is 1.03 bits per heavy atom. The van der Waals surface area contributed by atoms with Gasteiger partial charge >= 0.3 is 0 Å². The third-order valence-corrected chi connectivity index (χ3v) is 6.15. The predicted molar refractivity (Wildman–Crippen MR) is 127 cm³/mol. The van der Waals surface area contributed by atoms with Gasteiger partial charge in [0.2, 0.25) is 0 Å². The average molecular weight is 481 g/mol. The van der Waals surface area contributed by atoms with Crippen LogP contribution >= 0.6 is 23.4 Å². The van der Waals surface area contributed by atoms with Crippen molar-refractivity contribution in [3.63, 3.8) is 0 Å². The van der Waals surface area contributed by atoms with Gasteiger partial charge in [-0.25, -0.2) is 0 Å². The second-order valence-corrected chi connectivity index (χ2v) is 8.54. The van der Waals surface area contributed by atoms with E-state index in [1.165, 1.54) is 24.3 Å². The lowest BCUT2D eigenvalue weighted by Gasteiger charge is -2.12. The quantitative estimate of drug-likeness (QED) is 0.232. The van der Waals surface area contributed by atoms with E-state index in [2.05, 4.69) is 0 Å². The Bertz CT molecular complexity index is 1260. The van der Waals surface area contributed by atoms with Crippen LogP contribution in [-0.2, 0) is 17.9 Å². The van der Waals surface area contributed by atoms with Crippen LogP contribution in [0.15, 0.2) is 77.7 Å². The number of nitro benzene ring substituents is 1. The second-order valence-electron chi connectivity index (χ2n) is 7.14. The maximum absolute atomic E-state index is 12.8. The summed E-state index contributed by atoms with van der Waals surface area (Å²) in [5, 5.41) is 11.0. The highest BCUT2D eigenvalue weighted by Crippen LogP contribution is 2.34. The molecule has 0 spiro atoms. The predicted octanol–water partition coefficient (Wildman–Crippen LogP) is 6.06. The first-order valence-electron chi connectivity index (χ1n) is 9.86. The summed E-state index contributed by atoms with van der Waals surface area (Å²) in [5.74, 6) is 0.194. The molecule has 7 nitrogen and oxygen atoms in total. The number of ether oxygens (including phenoxy) is 1. The van der Waals surface area contributed by atoms with E-state index < -0.39 is 16.1 Å². The second kappa shape index (κ2) is 9.89. The number of rotatable bonds is 7. The Morgan fingerprint density at radius 2 is 1.79 bits per heavy atom. The van der Waals surface area contributed by atoms with E-state index >= 15 is 0 Å². The van der Waals surface area contributed by atoms with E-state index in [1.807, 2.05) is 24.3 Å². The Labute approximate surface area is 198 Å². The molecule has 3 aromatic rings. The normalized spacial score (nSPS) is 14.7. The summed E-state index contributed by atoms with van der Waals surface area (Å²) in [5.41, 5.74) is 2.15. The fourth-order valence-electron chi connectivity index (χ4n) is 3.16. The van der Waals surface area contributed by atoms with Crippen LogP contribution in [0.25, 0.3) is 6.08 Å². The molecular formula is C24H17ClN2O5S. The molecule has 0 unspecified atom stereocenters. The standard InChI is InChI=1S/C24H17ClN2O5S/c25-21-7-2-1-5-18(21)15-32-20-6-3-4-17(12-20)13-22-23(28)26(24(29)33-22)14-16-8-10-19(11-9-16)27(30)31/h1-13H,14-15H2/b22-13-. The highest BCUT2D eigenvalue weighted by atomic mass is 35.5. The van der Waals surface area contributed by atoms with Crippen molar-refractivity contribution in [2.45, 2.75) is 13.2 Å². The fraction of sp³-hybridized carbons (Fsp3) is 0.0833. The third-order valence-electron chi connectivity index (χ3n) is 4.87. The van der Waals surface area contributed by atoms with Crippen molar-refractivity contribution in [1.82, 2.24) is 4.90 Å². The van der Waals surface area contributed by atoms with E-state index in [-0.39, 0.29) is 12.2 Å². The van der Waals surface area contributed by atoms with Crippen LogP contribution in [0, 0.1) is 10.1 Å². The van der Waals surface area contributed by atoms with Gasteiger partial charge in [0.05, 0.1) is 16.4 Å². The molecule has 33 heavy (non-hydrogen) atoms. The number of benzene rings is 3. The molecule has 1 aliphatic heterocycles. The first-order chi connectivity index (χ1) is 15.9. The van der Waals surface area contributed by atoms with Gasteiger partial charge in [-0.05, 0) is 47.2 Å². The zero-order valence-corrected chi connectivity index (χ0v) is 18.7. The first-order valence-corrected chi connectivity index (χ1v) is 11.0. The molecular weight excluding hydrogens is 464 g/mol. The van der Waals surface area contributed by atoms with Crippen LogP contribution in [0.3, 0.4) is 0 Å². The number of thioether (sulfide) groups is 1. The minimum atomic E-state index is -0.501. The number of hydrogen-bond acceptors (Lipinski definition) is 6. The summed E-state index contributed by atoms with van der Waals surface area (Å²) in [6.45, 7) is 0.343. The summed E-state index contributed by atoms with van der Waals surface area (Å²) in [7, 11) is 0. The number of hydrogen-bond donors (Lipinski definition) is 0. The smallest absolute Gasteiger partial charge is 0.293 e. The van der Waals surface area contributed by atoms with E-state index in [0.29, 0.717) is 33.4 Å². The van der Waals surface area contributed by atoms with E-state index in [0.717, 1.165) is 22.2 Å². The van der Waals surface area contributed by atoms with Gasteiger partial charge in [0.25, 0.3) is 16.8 Å². The van der Waals surface area contributed by atoms with Gasteiger partial charge in [-0.1, -0.05) is 54.1 Å². The third kappa shape index (κ3) is 5.42. The van der Waals surface area contributed by atoms with Crippen LogP contribution < -0.4 is 4.74 Å². The molecule has 4 rings (SSSR count). The van der Waals surface area contributed by atoms with Crippen molar-refractivity contribution in [1.29, 1.82) is 0 Å². The molecule has 0 radical (unpaired) electrons. The fourth-order valence-corrected chi connectivity index (χ4v) is 4.19. The van der Waals surface area contributed by atoms with Crippen LogP contribution in [0.5, 0.6) is 5.75 Å². The van der Waals surface area contributed by atoms with Gasteiger partial charge in [0.1, 0.15) is 12.4 Å². The number of amides is 2. The number of nitrogens with zero attached hydrogens (tertiary/aromatic N) is 2. The number of imide groups is 1. The van der Waals surface area contributed by atoms with Gasteiger partial charge in [0.15, 0.2) is 0 Å². The van der Waals surface area contributed by atoms with Crippen LogP contribution in [0.1, 0.15) is 16.7 Å². The molecule has 3 aromatic carbocycles. The summed E-state index contributed by atoms with van der Waals surface area (Å²) in [6.07, 6.45) is 1.64. The molecule has 0 bridgehead atoms. The molecule has 0 N–H and O–H groups in total. The number of carbonyl (C=O) groups excluding carboxylic acids is 2. The van der Waals surface area contributed by atoms with Gasteiger partial charge in [-0.2, -0.15) is 0 Å². The number of nitro groups is 1. The Balaban J connectivity index is 1.45. The zero-order valence-electron chi connectivity index (χ0n) is 17.1. The Morgan fingerprint density at radius 3 is 2.52 bits per heavy atom. The van der Waals surface area contributed by atoms with Crippen molar-refractivity contribution >= 4 is 46.3 Å². The highest BCUT2D eigenvalue weighted by Gasteiger charge is 2.35. The number of carbonyl (C=O) groups is 2. The molecule has 1 aliphatic rings. The van der Waals surface area contributed by atoms with Crippen molar-refractivity contribution in [3.05, 3.63) is 110 Å². The van der Waals surface area contributed by atoms with E-state index in [4.69, 9.17) is 16.3 Å².